The number of hydrogen-bond donors (Lipinski definition) is 0. The minimum atomic E-state index is -0.614. The average molecular weight is 977 g/mol. The fourth-order valence-corrected chi connectivity index (χ4v) is 14.0. The molecule has 0 aromatic heterocycles. The Balaban J connectivity index is 2.47. The molecule has 0 bridgehead atoms. The summed E-state index contributed by atoms with van der Waals surface area (Å²) in [4.78, 5) is -0.0121. The first-order chi connectivity index (χ1) is 10.7. The van der Waals surface area contributed by atoms with E-state index in [1.807, 2.05) is 6.07 Å². The molecule has 1 fully saturated rings. The van der Waals surface area contributed by atoms with E-state index in [1.54, 1.807) is 0 Å². The Morgan fingerprint density at radius 1 is 0.708 bits per heavy atom. The Morgan fingerprint density at radius 3 is 1.71 bits per heavy atom. The van der Waals surface area contributed by atoms with Crippen molar-refractivity contribution in [3.63, 3.8) is 0 Å². The molecule has 0 saturated heterocycles. The minimum Gasteiger partial charge on any atom is -0.0849 e. The molecule has 2 rings (SSSR count). The molecule has 136 valence electrons. The first kappa shape index (κ1) is 24.3. The third-order valence-electron chi connectivity index (χ3n) is 4.07. The Morgan fingerprint density at radius 2 is 1.21 bits per heavy atom. The van der Waals surface area contributed by atoms with Crippen molar-refractivity contribution in [1.29, 1.82) is 0 Å². The predicted molar refractivity (Wildman–Crippen MR) is 141 cm³/mol. The lowest BCUT2D eigenvalue weighted by atomic mass is 9.83. The van der Waals surface area contributed by atoms with E-state index in [2.05, 4.69) is 184 Å². The first-order valence-corrected chi connectivity index (χ1v) is 14.7. The van der Waals surface area contributed by atoms with Crippen molar-refractivity contribution in [2.75, 3.05) is 0 Å². The SMILES string of the molecule is BrC1C(Br)(Br)C(Br)(Br)C(Br)(Br)C(Br)(Br)C1(Br)CCc1ccccc1. The monoisotopic (exact) mass is 967 g/mol. The molecule has 2 atom stereocenters. The maximum atomic E-state index is 4.04. The maximum absolute atomic E-state index is 4.04. The zero-order valence-electron chi connectivity index (χ0n) is 11.7. The number of halogens is 10. The van der Waals surface area contributed by atoms with Gasteiger partial charge in [-0.25, -0.2) is 0 Å². The molecule has 1 aromatic carbocycles. The van der Waals surface area contributed by atoms with E-state index in [4.69, 9.17) is 0 Å². The van der Waals surface area contributed by atoms with Crippen LogP contribution in [-0.4, -0.2) is 22.1 Å². The maximum Gasteiger partial charge on any atom is 0.134 e. The van der Waals surface area contributed by atoms with Gasteiger partial charge in [-0.1, -0.05) is 190 Å². The highest BCUT2D eigenvalue weighted by Gasteiger charge is 2.79. The molecule has 0 nitrogen and oxygen atoms in total. The fourth-order valence-electron chi connectivity index (χ4n) is 2.53. The number of aryl methyl sites for hydroxylation is 1. The third kappa shape index (κ3) is 3.74. The molecule has 2 unspecified atom stereocenters. The zero-order chi connectivity index (χ0) is 18.6. The summed E-state index contributed by atoms with van der Waals surface area (Å²) in [5.74, 6) is 0. The summed E-state index contributed by atoms with van der Waals surface area (Å²) in [6, 6.07) is 10.5. The number of alkyl halides is 10. The molecule has 0 radical (unpaired) electrons. The van der Waals surface area contributed by atoms with Gasteiger partial charge in [-0.15, -0.1) is 0 Å². The van der Waals surface area contributed by atoms with Crippen LogP contribution >= 0.6 is 159 Å². The van der Waals surface area contributed by atoms with Crippen molar-refractivity contribution in [2.24, 2.45) is 0 Å². The normalized spacial score (nSPS) is 33.2. The lowest BCUT2D eigenvalue weighted by Gasteiger charge is -2.63. The van der Waals surface area contributed by atoms with Crippen LogP contribution in [0.1, 0.15) is 12.0 Å². The van der Waals surface area contributed by atoms with Crippen LogP contribution < -0.4 is 0 Å². The molecule has 0 aliphatic heterocycles. The summed E-state index contributed by atoms with van der Waals surface area (Å²) in [5.41, 5.74) is 1.30. The summed E-state index contributed by atoms with van der Waals surface area (Å²) in [6.07, 6.45) is 1.80. The van der Waals surface area contributed by atoms with Gasteiger partial charge < -0.3 is 0 Å². The molecule has 10 heteroatoms. The first-order valence-electron chi connectivity index (χ1n) is 6.61. The molecule has 1 aliphatic rings. The smallest absolute Gasteiger partial charge is 0.0849 e. The van der Waals surface area contributed by atoms with Crippen LogP contribution in [-0.2, 0) is 6.42 Å². The third-order valence-corrected chi connectivity index (χ3v) is 25.8. The lowest BCUT2D eigenvalue weighted by molar-refractivity contribution is 0.399. The molecule has 0 amide bonds. The van der Waals surface area contributed by atoms with Crippen LogP contribution in [0.5, 0.6) is 0 Å². The van der Waals surface area contributed by atoms with E-state index >= 15 is 0 Å². The molecule has 1 aromatic rings. The van der Waals surface area contributed by atoms with E-state index in [9.17, 15) is 0 Å². The van der Waals surface area contributed by atoms with Gasteiger partial charge in [-0.3, -0.25) is 0 Å². The zero-order valence-corrected chi connectivity index (χ0v) is 27.5. The predicted octanol–water partition coefficient (Wildman–Crippen LogP) is 9.47. The molecule has 1 saturated carbocycles. The molecule has 1 aliphatic carbocycles. The van der Waals surface area contributed by atoms with E-state index in [0.29, 0.717) is 0 Å². The van der Waals surface area contributed by atoms with Gasteiger partial charge >= 0.3 is 0 Å². The van der Waals surface area contributed by atoms with Crippen LogP contribution in [0.25, 0.3) is 0 Å². The number of benzene rings is 1. The van der Waals surface area contributed by atoms with Crippen molar-refractivity contribution in [2.45, 2.75) is 34.9 Å². The van der Waals surface area contributed by atoms with Crippen LogP contribution in [0.4, 0.5) is 0 Å². The summed E-state index contributed by atoms with van der Waals surface area (Å²) in [5, 5.41) is 0. The Kier molecular flexibility index (Phi) is 8.37. The van der Waals surface area contributed by atoms with Crippen LogP contribution in [0.3, 0.4) is 0 Å². The summed E-state index contributed by atoms with van der Waals surface area (Å²) < 4.78 is -2.66. The number of rotatable bonds is 3. The van der Waals surface area contributed by atoms with Gasteiger partial charge in [0.2, 0.25) is 0 Å². The highest BCUT2D eigenvalue weighted by Crippen LogP contribution is 2.77. The standard InChI is InChI=1S/C14H10Br10/c15-9-10(16,7-6-8-4-2-1-3-5-8)12(19,20)14(23,24)13(21,22)11(9,17)18/h1-5,9H,6-7H2. The van der Waals surface area contributed by atoms with Gasteiger partial charge in [0.1, 0.15) is 12.9 Å². The fraction of sp³-hybridized carbons (Fsp3) is 0.571. The van der Waals surface area contributed by atoms with Crippen molar-refractivity contribution in [3.05, 3.63) is 35.9 Å². The van der Waals surface area contributed by atoms with Crippen molar-refractivity contribution >= 4 is 159 Å². The van der Waals surface area contributed by atoms with Crippen LogP contribution in [0, 0.1) is 0 Å². The van der Waals surface area contributed by atoms with Gasteiger partial charge in [-0.2, -0.15) is 0 Å². The van der Waals surface area contributed by atoms with Crippen LogP contribution in [0.2, 0.25) is 0 Å². The molecule has 0 spiro atoms. The van der Waals surface area contributed by atoms with E-state index in [0.717, 1.165) is 12.8 Å². The Bertz CT molecular complexity index is 597. The molecule has 0 N–H and O–H groups in total. The van der Waals surface area contributed by atoms with Gasteiger partial charge in [0.25, 0.3) is 0 Å². The summed E-state index contributed by atoms with van der Waals surface area (Å²) >= 11 is 38.9. The van der Waals surface area contributed by atoms with Gasteiger partial charge in [0, 0.05) is 0 Å². The van der Waals surface area contributed by atoms with Crippen LogP contribution in [0.15, 0.2) is 30.3 Å². The second kappa shape index (κ2) is 8.27. The summed E-state index contributed by atoms with van der Waals surface area (Å²) in [6.45, 7) is 0. The molecular weight excluding hydrogens is 967 g/mol. The van der Waals surface area contributed by atoms with E-state index in [-0.39, 0.29) is 9.15 Å². The van der Waals surface area contributed by atoms with E-state index < -0.39 is 12.9 Å². The Hall–Kier alpha value is 4.02. The highest BCUT2D eigenvalue weighted by molar-refractivity contribution is 9.35. The van der Waals surface area contributed by atoms with Crippen molar-refractivity contribution in [3.8, 4) is 0 Å². The average Bonchev–Trinajstić information content (AvgIpc) is 2.51. The van der Waals surface area contributed by atoms with Crippen molar-refractivity contribution < 1.29 is 0 Å². The lowest BCUT2D eigenvalue weighted by Crippen LogP contribution is -2.74. The van der Waals surface area contributed by atoms with E-state index in [1.165, 1.54) is 5.56 Å². The molecular formula is C14H10Br10. The largest absolute Gasteiger partial charge is 0.134 e. The second-order valence-corrected chi connectivity index (χ2v) is 21.8. The quantitative estimate of drug-likeness (QED) is 0.265. The molecule has 0 heterocycles. The van der Waals surface area contributed by atoms with Crippen molar-refractivity contribution in [1.82, 2.24) is 0 Å². The van der Waals surface area contributed by atoms with Gasteiger partial charge in [-0.05, 0) is 18.4 Å². The number of hydrogen-bond acceptors (Lipinski definition) is 0. The minimum absolute atomic E-state index is 0.0121. The molecule has 24 heavy (non-hydrogen) atoms. The summed E-state index contributed by atoms with van der Waals surface area (Å²) in [7, 11) is 0. The van der Waals surface area contributed by atoms with Gasteiger partial charge in [0.15, 0.2) is 0 Å². The second-order valence-electron chi connectivity index (χ2n) is 5.56. The topological polar surface area (TPSA) is 0 Å². The van der Waals surface area contributed by atoms with Gasteiger partial charge in [0.05, 0.1) is 9.15 Å². The Labute approximate surface area is 226 Å². The highest BCUT2D eigenvalue weighted by atomic mass is 79.9.